The normalized spacial score (nSPS) is 12.6. The summed E-state index contributed by atoms with van der Waals surface area (Å²) in [6.45, 7) is 0. The van der Waals surface area contributed by atoms with E-state index in [4.69, 9.17) is 9.97 Å². The van der Waals surface area contributed by atoms with Gasteiger partial charge in [0.05, 0.1) is 16.8 Å². The van der Waals surface area contributed by atoms with Gasteiger partial charge in [-0.3, -0.25) is 0 Å². The van der Waals surface area contributed by atoms with Crippen LogP contribution >= 0.6 is 0 Å². The molecule has 1 aliphatic rings. The van der Waals surface area contributed by atoms with Crippen LogP contribution in [-0.4, -0.2) is 9.97 Å². The number of benzene rings is 11. The maximum atomic E-state index is 5.49. The number of aromatic nitrogens is 2. The molecular formula is C65H42N2. The lowest BCUT2D eigenvalue weighted by Gasteiger charge is -2.33. The third-order valence-corrected chi connectivity index (χ3v) is 14.0. The van der Waals surface area contributed by atoms with Gasteiger partial charge in [-0.1, -0.05) is 243 Å². The van der Waals surface area contributed by atoms with E-state index >= 15 is 0 Å². The fraction of sp³-hybridized carbons (Fsp3) is 0.0154. The van der Waals surface area contributed by atoms with Crippen LogP contribution in [0.2, 0.25) is 0 Å². The quantitative estimate of drug-likeness (QED) is 0.118. The lowest BCUT2D eigenvalue weighted by molar-refractivity contribution is 0.768. The molecule has 0 fully saturated rings. The molecule has 67 heavy (non-hydrogen) atoms. The molecule has 1 heterocycles. The molecular weight excluding hydrogens is 809 g/mol. The zero-order chi connectivity index (χ0) is 44.3. The monoisotopic (exact) mass is 850 g/mol. The van der Waals surface area contributed by atoms with Crippen LogP contribution in [0.3, 0.4) is 0 Å². The first-order valence-electron chi connectivity index (χ1n) is 23.1. The second-order valence-corrected chi connectivity index (χ2v) is 17.6. The van der Waals surface area contributed by atoms with Gasteiger partial charge in [-0.05, 0) is 100 Å². The van der Waals surface area contributed by atoms with Gasteiger partial charge in [-0.25, -0.2) is 9.97 Å². The number of hydrogen-bond acceptors (Lipinski definition) is 2. The van der Waals surface area contributed by atoms with Crippen molar-refractivity contribution in [2.24, 2.45) is 0 Å². The van der Waals surface area contributed by atoms with Gasteiger partial charge in [0.1, 0.15) is 0 Å². The SMILES string of the molecule is c1ccc(-c2ccc(-c3nc(-c4ccc(-c5c6ccccc6cc6c5ccc5ccccc56)cc4)cc(-c4cccc5c4-c4ccccc4C5(c4ccccc4)c4ccccc4)n3)cc2)cc1. The number of nitrogens with zero attached hydrogens (tertiary/aromatic N) is 2. The summed E-state index contributed by atoms with van der Waals surface area (Å²) >= 11 is 0. The van der Waals surface area contributed by atoms with E-state index in [1.54, 1.807) is 0 Å². The van der Waals surface area contributed by atoms with E-state index < -0.39 is 5.41 Å². The molecule has 13 rings (SSSR count). The Morgan fingerprint density at radius 1 is 0.269 bits per heavy atom. The summed E-state index contributed by atoms with van der Waals surface area (Å²) in [5.74, 6) is 0.685. The fourth-order valence-corrected chi connectivity index (χ4v) is 11.0. The van der Waals surface area contributed by atoms with E-state index in [1.165, 1.54) is 82.4 Å². The van der Waals surface area contributed by atoms with Gasteiger partial charge in [-0.15, -0.1) is 0 Å². The Bertz CT molecular complexity index is 3780. The summed E-state index contributed by atoms with van der Waals surface area (Å²) in [5, 5.41) is 7.49. The van der Waals surface area contributed by atoms with Gasteiger partial charge < -0.3 is 0 Å². The Kier molecular flexibility index (Phi) is 9.11. The second kappa shape index (κ2) is 15.8. The van der Waals surface area contributed by atoms with Crippen LogP contribution in [0.15, 0.2) is 255 Å². The van der Waals surface area contributed by atoms with Crippen molar-refractivity contribution in [3.63, 3.8) is 0 Å². The molecule has 0 bridgehead atoms. The minimum absolute atomic E-state index is 0.523. The molecule has 0 aliphatic heterocycles. The third-order valence-electron chi connectivity index (χ3n) is 14.0. The number of rotatable bonds is 7. The lowest BCUT2D eigenvalue weighted by atomic mass is 9.67. The van der Waals surface area contributed by atoms with Crippen molar-refractivity contribution < 1.29 is 0 Å². The topological polar surface area (TPSA) is 25.8 Å². The van der Waals surface area contributed by atoms with E-state index in [0.717, 1.165) is 33.6 Å². The highest BCUT2D eigenvalue weighted by Crippen LogP contribution is 2.58. The third kappa shape index (κ3) is 6.26. The lowest BCUT2D eigenvalue weighted by Crippen LogP contribution is -2.28. The molecule has 0 unspecified atom stereocenters. The van der Waals surface area contributed by atoms with Gasteiger partial charge in [0.15, 0.2) is 5.82 Å². The van der Waals surface area contributed by atoms with Gasteiger partial charge in [0.25, 0.3) is 0 Å². The van der Waals surface area contributed by atoms with Crippen molar-refractivity contribution in [2.45, 2.75) is 5.41 Å². The molecule has 312 valence electrons. The first-order valence-corrected chi connectivity index (χ1v) is 23.1. The Labute approximate surface area is 390 Å². The Balaban J connectivity index is 1.01. The molecule has 1 aromatic heterocycles. The van der Waals surface area contributed by atoms with Crippen molar-refractivity contribution >= 4 is 32.3 Å². The first kappa shape index (κ1) is 38.7. The summed E-state index contributed by atoms with van der Waals surface area (Å²) in [6, 6.07) is 92.4. The highest BCUT2D eigenvalue weighted by Gasteiger charge is 2.46. The molecule has 0 amide bonds. The van der Waals surface area contributed by atoms with Crippen molar-refractivity contribution in [3.05, 3.63) is 277 Å². The summed E-state index contributed by atoms with van der Waals surface area (Å²) in [6.07, 6.45) is 0. The highest BCUT2D eigenvalue weighted by molar-refractivity contribution is 6.20. The fourth-order valence-electron chi connectivity index (χ4n) is 11.0. The summed E-state index contributed by atoms with van der Waals surface area (Å²) in [7, 11) is 0. The van der Waals surface area contributed by atoms with Gasteiger partial charge in [0.2, 0.25) is 0 Å². The maximum Gasteiger partial charge on any atom is 0.160 e. The van der Waals surface area contributed by atoms with Crippen molar-refractivity contribution in [1.29, 1.82) is 0 Å². The number of fused-ring (bicyclic) bond motifs is 7. The van der Waals surface area contributed by atoms with Crippen LogP contribution in [0.25, 0.3) is 99.6 Å². The van der Waals surface area contributed by atoms with Crippen molar-refractivity contribution in [3.8, 4) is 67.3 Å². The second-order valence-electron chi connectivity index (χ2n) is 17.6. The molecule has 2 heteroatoms. The summed E-state index contributed by atoms with van der Waals surface area (Å²) in [5.41, 5.74) is 16.4. The van der Waals surface area contributed by atoms with Crippen LogP contribution in [-0.2, 0) is 5.41 Å². The van der Waals surface area contributed by atoms with Crippen molar-refractivity contribution in [2.75, 3.05) is 0 Å². The molecule has 12 aromatic rings. The molecule has 1 aliphatic carbocycles. The standard InChI is InChI=1S/C65H42N2/c1-4-17-43(18-5-1)44-31-37-48(38-32-44)64-66-60(46-33-35-47(36-34-46)62-53-26-13-11-20-49(53)41-57-52-25-12-10-19-45(52)39-40-54(57)62)42-61(67-64)56-28-16-30-59-63(56)55-27-14-15-29-58(55)65(59,50-21-6-2-7-22-50)51-23-8-3-9-24-51/h1-42H. The predicted molar refractivity (Wildman–Crippen MR) is 279 cm³/mol. The van der Waals surface area contributed by atoms with Crippen LogP contribution in [0.1, 0.15) is 22.3 Å². The zero-order valence-corrected chi connectivity index (χ0v) is 36.6. The number of hydrogen-bond donors (Lipinski definition) is 0. The average molecular weight is 851 g/mol. The smallest absolute Gasteiger partial charge is 0.160 e. The molecule has 2 nitrogen and oxygen atoms in total. The Hall–Kier alpha value is -8.72. The largest absolute Gasteiger partial charge is 0.228 e. The van der Waals surface area contributed by atoms with Gasteiger partial charge in [-0.2, -0.15) is 0 Å². The van der Waals surface area contributed by atoms with E-state index in [0.29, 0.717) is 5.82 Å². The van der Waals surface area contributed by atoms with Gasteiger partial charge in [0, 0.05) is 16.7 Å². The Morgan fingerprint density at radius 2 is 0.806 bits per heavy atom. The maximum absolute atomic E-state index is 5.49. The van der Waals surface area contributed by atoms with Crippen molar-refractivity contribution in [1.82, 2.24) is 9.97 Å². The molecule has 0 saturated heterocycles. The molecule has 0 atom stereocenters. The molecule has 0 radical (unpaired) electrons. The minimum Gasteiger partial charge on any atom is -0.228 e. The minimum atomic E-state index is -0.523. The summed E-state index contributed by atoms with van der Waals surface area (Å²) < 4.78 is 0. The van der Waals surface area contributed by atoms with E-state index in [1.807, 2.05) is 0 Å². The molecule has 0 saturated carbocycles. The first-order chi connectivity index (χ1) is 33.2. The van der Waals surface area contributed by atoms with Crippen LogP contribution < -0.4 is 0 Å². The predicted octanol–water partition coefficient (Wildman–Crippen LogP) is 16.6. The highest BCUT2D eigenvalue weighted by atomic mass is 14.9. The molecule has 11 aromatic carbocycles. The van der Waals surface area contributed by atoms with E-state index in [9.17, 15) is 0 Å². The summed E-state index contributed by atoms with van der Waals surface area (Å²) in [4.78, 5) is 10.9. The van der Waals surface area contributed by atoms with Crippen LogP contribution in [0, 0.1) is 0 Å². The van der Waals surface area contributed by atoms with Gasteiger partial charge >= 0.3 is 0 Å². The average Bonchev–Trinajstić information content (AvgIpc) is 3.72. The van der Waals surface area contributed by atoms with E-state index in [2.05, 4.69) is 255 Å². The molecule has 0 N–H and O–H groups in total. The van der Waals surface area contributed by atoms with E-state index in [-0.39, 0.29) is 0 Å². The molecule has 0 spiro atoms. The zero-order valence-electron chi connectivity index (χ0n) is 36.6. The van der Waals surface area contributed by atoms with Crippen LogP contribution in [0.5, 0.6) is 0 Å². The Morgan fingerprint density at radius 3 is 1.55 bits per heavy atom. The van der Waals surface area contributed by atoms with Crippen LogP contribution in [0.4, 0.5) is 0 Å².